The van der Waals surface area contributed by atoms with Gasteiger partial charge in [-0.25, -0.2) is 5.32 Å². The summed E-state index contributed by atoms with van der Waals surface area (Å²) in [5.41, 5.74) is 0. The minimum absolute atomic E-state index is 0.148. The fourth-order valence-electron chi connectivity index (χ4n) is 0.761. The first-order chi connectivity index (χ1) is 4.79. The minimum Gasteiger partial charge on any atom is -0.296 e. The van der Waals surface area contributed by atoms with Gasteiger partial charge in [0, 0.05) is 19.2 Å². The Kier molecular flexibility index (Phi) is 2.35. The Morgan fingerprint density at radius 1 is 1.80 bits per heavy atom. The second kappa shape index (κ2) is 3.28. The molecule has 55 valence electrons. The highest BCUT2D eigenvalue weighted by molar-refractivity contribution is 4.89. The smallest absolute Gasteiger partial charge is 0.233 e. The molecule has 1 radical (unpaired) electrons. The summed E-state index contributed by atoms with van der Waals surface area (Å²) in [5.74, 6) is 0. The molecule has 1 rings (SSSR count). The van der Waals surface area contributed by atoms with Gasteiger partial charge in [0.15, 0.2) is 0 Å². The van der Waals surface area contributed by atoms with E-state index in [9.17, 15) is 10.1 Å². The van der Waals surface area contributed by atoms with E-state index in [-0.39, 0.29) is 6.17 Å². The van der Waals surface area contributed by atoms with E-state index in [1.165, 1.54) is 6.08 Å². The van der Waals surface area contributed by atoms with Crippen LogP contribution in [0, 0.1) is 10.1 Å². The van der Waals surface area contributed by atoms with E-state index in [0.29, 0.717) is 0 Å². The van der Waals surface area contributed by atoms with Gasteiger partial charge in [0.05, 0.1) is 11.1 Å². The highest BCUT2D eigenvalue weighted by Gasteiger charge is 2.11. The maximum Gasteiger partial charge on any atom is 0.233 e. The lowest BCUT2D eigenvalue weighted by atomic mass is 10.5. The van der Waals surface area contributed by atoms with Crippen LogP contribution in [0.15, 0.2) is 12.3 Å². The summed E-state index contributed by atoms with van der Waals surface area (Å²) in [6, 6.07) is 0. The van der Waals surface area contributed by atoms with E-state index in [2.05, 4.69) is 10.6 Å². The van der Waals surface area contributed by atoms with Gasteiger partial charge in [0.1, 0.15) is 0 Å². The largest absolute Gasteiger partial charge is 0.296 e. The first kappa shape index (κ1) is 7.17. The van der Waals surface area contributed by atoms with E-state index in [4.69, 9.17) is 0 Å². The Labute approximate surface area is 58.3 Å². The van der Waals surface area contributed by atoms with E-state index < -0.39 is 4.92 Å². The molecule has 1 atom stereocenters. The summed E-state index contributed by atoms with van der Waals surface area (Å²) in [6.07, 6.45) is 2.20. The Bertz CT molecular complexity index is 151. The predicted octanol–water partition coefficient (Wildman–Crippen LogP) is -0.690. The standard InChI is InChI=1S/C5H8N3O2/c9-8(10)4-1-5-6-2-3-7-5/h1,4-6H,2-3H2. The number of hydrogen-bond donors (Lipinski definition) is 1. The van der Waals surface area contributed by atoms with Crippen molar-refractivity contribution in [3.8, 4) is 0 Å². The summed E-state index contributed by atoms with van der Waals surface area (Å²) in [7, 11) is 0. The fourth-order valence-corrected chi connectivity index (χ4v) is 0.761. The third-order valence-electron chi connectivity index (χ3n) is 1.18. The SMILES string of the molecule is O=[N+]([O-])C=CC1[N]CCN1. The topological polar surface area (TPSA) is 69.3 Å². The number of nitrogens with zero attached hydrogens (tertiary/aromatic N) is 2. The molecule has 1 unspecified atom stereocenters. The molecule has 5 heteroatoms. The molecule has 1 saturated heterocycles. The predicted molar refractivity (Wildman–Crippen MR) is 34.9 cm³/mol. The molecule has 5 nitrogen and oxygen atoms in total. The maximum atomic E-state index is 9.81. The molecule has 1 aliphatic heterocycles. The first-order valence-electron chi connectivity index (χ1n) is 3.01. The van der Waals surface area contributed by atoms with Crippen LogP contribution in [0.1, 0.15) is 0 Å². The van der Waals surface area contributed by atoms with Gasteiger partial charge in [-0.15, -0.1) is 0 Å². The first-order valence-corrected chi connectivity index (χ1v) is 3.01. The molecule has 1 fully saturated rings. The summed E-state index contributed by atoms with van der Waals surface area (Å²) >= 11 is 0. The monoisotopic (exact) mass is 142 g/mol. The van der Waals surface area contributed by atoms with E-state index in [1.807, 2.05) is 0 Å². The number of rotatable bonds is 2. The molecule has 1 aliphatic rings. The summed E-state index contributed by atoms with van der Waals surface area (Å²) in [6.45, 7) is 1.56. The van der Waals surface area contributed by atoms with Crippen molar-refractivity contribution in [1.29, 1.82) is 0 Å². The zero-order chi connectivity index (χ0) is 7.40. The molecule has 0 aliphatic carbocycles. The summed E-state index contributed by atoms with van der Waals surface area (Å²) < 4.78 is 0. The zero-order valence-corrected chi connectivity index (χ0v) is 5.36. The Morgan fingerprint density at radius 3 is 3.10 bits per heavy atom. The van der Waals surface area contributed by atoms with Crippen molar-refractivity contribution in [1.82, 2.24) is 10.6 Å². The third-order valence-corrected chi connectivity index (χ3v) is 1.18. The lowest BCUT2D eigenvalue weighted by Gasteiger charge is -1.97. The summed E-state index contributed by atoms with van der Waals surface area (Å²) in [5, 5.41) is 16.8. The molecular weight excluding hydrogens is 134 g/mol. The molecule has 0 aromatic heterocycles. The Hall–Kier alpha value is -0.940. The quantitative estimate of drug-likeness (QED) is 0.410. The normalized spacial score (nSPS) is 20.4. The molecule has 0 aromatic carbocycles. The van der Waals surface area contributed by atoms with Gasteiger partial charge >= 0.3 is 0 Å². The van der Waals surface area contributed by atoms with Crippen LogP contribution in [0.2, 0.25) is 0 Å². The highest BCUT2D eigenvalue weighted by Crippen LogP contribution is 1.89. The minimum atomic E-state index is -0.491. The Balaban J connectivity index is 2.29. The zero-order valence-electron chi connectivity index (χ0n) is 5.36. The lowest BCUT2D eigenvalue weighted by Crippen LogP contribution is -2.23. The molecular formula is C5H8N3O2. The van der Waals surface area contributed by atoms with Gasteiger partial charge in [-0.1, -0.05) is 0 Å². The van der Waals surface area contributed by atoms with Crippen LogP contribution in [0.5, 0.6) is 0 Å². The summed E-state index contributed by atoms with van der Waals surface area (Å²) in [4.78, 5) is 9.31. The van der Waals surface area contributed by atoms with Crippen LogP contribution in [-0.4, -0.2) is 24.2 Å². The molecule has 0 saturated carbocycles. The second-order valence-corrected chi connectivity index (χ2v) is 1.93. The van der Waals surface area contributed by atoms with E-state index in [1.54, 1.807) is 0 Å². The average Bonchev–Trinajstić information content (AvgIpc) is 2.34. The maximum absolute atomic E-state index is 9.81. The van der Waals surface area contributed by atoms with E-state index in [0.717, 1.165) is 19.3 Å². The number of hydrogen-bond acceptors (Lipinski definition) is 3. The van der Waals surface area contributed by atoms with Crippen LogP contribution >= 0.6 is 0 Å². The van der Waals surface area contributed by atoms with Crippen LogP contribution in [-0.2, 0) is 0 Å². The van der Waals surface area contributed by atoms with Crippen molar-refractivity contribution in [2.45, 2.75) is 6.17 Å². The Morgan fingerprint density at radius 2 is 2.60 bits per heavy atom. The average molecular weight is 142 g/mol. The molecule has 0 spiro atoms. The molecule has 1 N–H and O–H groups in total. The van der Waals surface area contributed by atoms with Crippen LogP contribution in [0.4, 0.5) is 0 Å². The van der Waals surface area contributed by atoms with E-state index >= 15 is 0 Å². The van der Waals surface area contributed by atoms with Crippen molar-refractivity contribution in [2.24, 2.45) is 0 Å². The van der Waals surface area contributed by atoms with Crippen LogP contribution < -0.4 is 10.6 Å². The van der Waals surface area contributed by atoms with Crippen molar-refractivity contribution in [2.75, 3.05) is 13.1 Å². The van der Waals surface area contributed by atoms with Gasteiger partial charge in [-0.2, -0.15) is 0 Å². The molecule has 0 amide bonds. The molecule has 0 aromatic rings. The molecule has 0 bridgehead atoms. The van der Waals surface area contributed by atoms with Crippen molar-refractivity contribution in [3.63, 3.8) is 0 Å². The van der Waals surface area contributed by atoms with Crippen molar-refractivity contribution >= 4 is 0 Å². The second-order valence-electron chi connectivity index (χ2n) is 1.93. The lowest BCUT2D eigenvalue weighted by molar-refractivity contribution is -0.402. The number of nitrogens with one attached hydrogen (secondary N) is 1. The van der Waals surface area contributed by atoms with Gasteiger partial charge in [0.2, 0.25) is 6.20 Å². The van der Waals surface area contributed by atoms with Crippen molar-refractivity contribution in [3.05, 3.63) is 22.4 Å². The molecule has 1 heterocycles. The van der Waals surface area contributed by atoms with Gasteiger partial charge < -0.3 is 0 Å². The fraction of sp³-hybridized carbons (Fsp3) is 0.600. The van der Waals surface area contributed by atoms with Crippen LogP contribution in [0.3, 0.4) is 0 Å². The number of nitro groups is 1. The van der Waals surface area contributed by atoms with Crippen LogP contribution in [0.25, 0.3) is 0 Å². The highest BCUT2D eigenvalue weighted by atomic mass is 16.6. The van der Waals surface area contributed by atoms with Gasteiger partial charge in [-0.05, 0) is 0 Å². The van der Waals surface area contributed by atoms with Gasteiger partial charge in [0.25, 0.3) is 0 Å². The van der Waals surface area contributed by atoms with Crippen molar-refractivity contribution < 1.29 is 4.92 Å². The molecule has 10 heavy (non-hydrogen) atoms. The van der Waals surface area contributed by atoms with Gasteiger partial charge in [-0.3, -0.25) is 15.4 Å². The third kappa shape index (κ3) is 2.12.